The molecule has 1 aliphatic heterocycles. The highest BCUT2D eigenvalue weighted by Gasteiger charge is 2.37. The number of halogens is 3. The number of nitrogens with zero attached hydrogens (tertiary/aromatic N) is 3. The maximum atomic E-state index is 12.9. The Morgan fingerprint density at radius 1 is 1.15 bits per heavy atom. The van der Waals surface area contributed by atoms with Crippen LogP contribution in [0.3, 0.4) is 0 Å². The van der Waals surface area contributed by atoms with Crippen molar-refractivity contribution in [1.82, 2.24) is 14.7 Å². The molecular weight excluding hydrogens is 447 g/mol. The third-order valence-corrected chi connectivity index (χ3v) is 6.14. The molecule has 1 amide bonds. The van der Waals surface area contributed by atoms with Crippen LogP contribution in [-0.4, -0.2) is 47.0 Å². The van der Waals surface area contributed by atoms with Gasteiger partial charge >= 0.3 is 6.18 Å². The molecule has 9 heteroatoms. The second-order valence-electron chi connectivity index (χ2n) is 8.47. The molecule has 0 N–H and O–H groups in total. The fourth-order valence-corrected chi connectivity index (χ4v) is 4.61. The van der Waals surface area contributed by atoms with E-state index in [9.17, 15) is 18.0 Å². The van der Waals surface area contributed by atoms with E-state index in [4.69, 9.17) is 9.15 Å². The zero-order valence-electron chi connectivity index (χ0n) is 18.9. The Morgan fingerprint density at radius 2 is 1.94 bits per heavy atom. The molecule has 4 aromatic rings. The number of furan rings is 1. The predicted molar refractivity (Wildman–Crippen MR) is 121 cm³/mol. The Morgan fingerprint density at radius 3 is 2.62 bits per heavy atom. The van der Waals surface area contributed by atoms with Crippen molar-refractivity contribution in [3.05, 3.63) is 59.6 Å². The van der Waals surface area contributed by atoms with Gasteiger partial charge in [-0.05, 0) is 54.3 Å². The fraction of sp³-hybridized carbons (Fsp3) is 0.280. The van der Waals surface area contributed by atoms with Crippen LogP contribution in [0.4, 0.5) is 13.2 Å². The summed E-state index contributed by atoms with van der Waals surface area (Å²) < 4.78 is 51.7. The van der Waals surface area contributed by atoms with Gasteiger partial charge in [0.05, 0.1) is 24.6 Å². The monoisotopic (exact) mass is 469 g/mol. The van der Waals surface area contributed by atoms with Gasteiger partial charge in [-0.1, -0.05) is 6.07 Å². The van der Waals surface area contributed by atoms with Gasteiger partial charge in [0.2, 0.25) is 0 Å². The molecule has 0 saturated heterocycles. The third-order valence-electron chi connectivity index (χ3n) is 6.14. The minimum absolute atomic E-state index is 0.00208. The Kier molecular flexibility index (Phi) is 5.15. The van der Waals surface area contributed by atoms with Crippen LogP contribution in [-0.2, 0) is 13.5 Å². The smallest absolute Gasteiger partial charge is 0.406 e. The number of carbonyl (C=O) groups excluding carboxylic acids is 1. The van der Waals surface area contributed by atoms with Crippen molar-refractivity contribution >= 4 is 16.9 Å². The summed E-state index contributed by atoms with van der Waals surface area (Å²) in [5.74, 6) is -0.420. The Hall–Kier alpha value is -3.75. The van der Waals surface area contributed by atoms with Crippen LogP contribution in [0, 0.1) is 6.92 Å². The number of hydrogen-bond donors (Lipinski definition) is 0. The first-order chi connectivity index (χ1) is 16.1. The summed E-state index contributed by atoms with van der Waals surface area (Å²) in [6, 6.07) is 9.44. The zero-order valence-corrected chi connectivity index (χ0v) is 18.9. The van der Waals surface area contributed by atoms with E-state index >= 15 is 0 Å². The Bertz CT molecular complexity index is 1400. The number of carbonyl (C=O) groups is 1. The maximum absolute atomic E-state index is 12.9. The van der Waals surface area contributed by atoms with Crippen LogP contribution >= 0.6 is 0 Å². The Labute approximate surface area is 193 Å². The normalized spacial score (nSPS) is 14.1. The van der Waals surface area contributed by atoms with Crippen molar-refractivity contribution in [3.8, 4) is 28.0 Å². The first kappa shape index (κ1) is 22.1. The van der Waals surface area contributed by atoms with E-state index in [1.54, 1.807) is 17.0 Å². The average molecular weight is 469 g/mol. The molecule has 34 heavy (non-hydrogen) atoms. The van der Waals surface area contributed by atoms with Gasteiger partial charge in [-0.3, -0.25) is 9.48 Å². The molecule has 176 valence electrons. The minimum Gasteiger partial charge on any atom is -0.496 e. The third kappa shape index (κ3) is 3.81. The molecular formula is C25H22F3N3O3. The highest BCUT2D eigenvalue weighted by molar-refractivity contribution is 6.02. The van der Waals surface area contributed by atoms with E-state index in [2.05, 4.69) is 5.10 Å². The predicted octanol–water partition coefficient (Wildman–Crippen LogP) is 5.38. The molecule has 2 aromatic heterocycles. The number of aryl methyl sites for hydroxylation is 2. The van der Waals surface area contributed by atoms with Gasteiger partial charge in [0.25, 0.3) is 5.91 Å². The van der Waals surface area contributed by atoms with Crippen molar-refractivity contribution < 1.29 is 27.1 Å². The van der Waals surface area contributed by atoms with Crippen LogP contribution in [0.1, 0.15) is 21.6 Å². The van der Waals surface area contributed by atoms with Gasteiger partial charge in [0, 0.05) is 36.3 Å². The van der Waals surface area contributed by atoms with E-state index in [0.29, 0.717) is 17.6 Å². The van der Waals surface area contributed by atoms with Crippen LogP contribution < -0.4 is 4.74 Å². The summed E-state index contributed by atoms with van der Waals surface area (Å²) in [5.41, 5.74) is 6.04. The SMILES string of the molecule is COc1cc(-c2coc3cc(-c4cn(C)nc4C)ccc23)cc2c1C(=O)N(CC(F)(F)F)CC2. The number of benzene rings is 2. The largest absolute Gasteiger partial charge is 0.496 e. The summed E-state index contributed by atoms with van der Waals surface area (Å²) >= 11 is 0. The molecule has 3 heterocycles. The first-order valence-corrected chi connectivity index (χ1v) is 10.7. The standard InChI is InChI=1S/C25H22F3N3O3/c1-14-19(11-30(2)29-14)15-4-5-18-20(12-34-21(18)9-15)17-8-16-6-7-31(13-25(26,27)28)24(32)23(16)22(10-17)33-3/h4-5,8-12H,6-7,13H2,1-3H3. The van der Waals surface area contributed by atoms with E-state index in [1.165, 1.54) is 7.11 Å². The van der Waals surface area contributed by atoms with Crippen molar-refractivity contribution in [2.75, 3.05) is 20.2 Å². The number of aromatic nitrogens is 2. The van der Waals surface area contributed by atoms with Crippen LogP contribution in [0.2, 0.25) is 0 Å². The molecule has 0 spiro atoms. The van der Waals surface area contributed by atoms with Crippen molar-refractivity contribution in [3.63, 3.8) is 0 Å². The quantitative estimate of drug-likeness (QED) is 0.403. The number of methoxy groups -OCH3 is 1. The van der Waals surface area contributed by atoms with Gasteiger partial charge in [0.1, 0.15) is 17.9 Å². The highest BCUT2D eigenvalue weighted by atomic mass is 19.4. The minimum atomic E-state index is -4.46. The van der Waals surface area contributed by atoms with E-state index in [1.807, 2.05) is 44.4 Å². The number of fused-ring (bicyclic) bond motifs is 2. The molecule has 0 fully saturated rings. The van der Waals surface area contributed by atoms with Gasteiger partial charge in [0.15, 0.2) is 0 Å². The molecule has 0 radical (unpaired) electrons. The lowest BCUT2D eigenvalue weighted by Gasteiger charge is -2.30. The van der Waals surface area contributed by atoms with Gasteiger partial charge < -0.3 is 14.1 Å². The lowest BCUT2D eigenvalue weighted by atomic mass is 9.92. The van der Waals surface area contributed by atoms with Crippen LogP contribution in [0.15, 0.2) is 47.2 Å². The van der Waals surface area contributed by atoms with Gasteiger partial charge in [-0.15, -0.1) is 0 Å². The number of alkyl halides is 3. The van der Waals surface area contributed by atoms with Gasteiger partial charge in [-0.25, -0.2) is 0 Å². The lowest BCUT2D eigenvalue weighted by molar-refractivity contribution is -0.141. The molecule has 5 rings (SSSR count). The molecule has 0 atom stereocenters. The van der Waals surface area contributed by atoms with Crippen LogP contribution in [0.5, 0.6) is 5.75 Å². The molecule has 0 unspecified atom stereocenters. The van der Waals surface area contributed by atoms with Crippen molar-refractivity contribution in [1.29, 1.82) is 0 Å². The summed E-state index contributed by atoms with van der Waals surface area (Å²) in [5, 5.41) is 5.27. The molecule has 1 aliphatic rings. The highest BCUT2D eigenvalue weighted by Crippen LogP contribution is 2.39. The van der Waals surface area contributed by atoms with E-state index < -0.39 is 18.6 Å². The van der Waals surface area contributed by atoms with E-state index in [-0.39, 0.29) is 17.9 Å². The summed E-state index contributed by atoms with van der Waals surface area (Å²) in [4.78, 5) is 13.6. The topological polar surface area (TPSA) is 60.5 Å². The summed E-state index contributed by atoms with van der Waals surface area (Å²) in [6.45, 7) is 0.669. The summed E-state index contributed by atoms with van der Waals surface area (Å²) in [6.07, 6.45) is -0.551. The molecule has 0 bridgehead atoms. The Balaban J connectivity index is 1.54. The molecule has 2 aromatic carbocycles. The van der Waals surface area contributed by atoms with Crippen LogP contribution in [0.25, 0.3) is 33.2 Å². The zero-order chi connectivity index (χ0) is 24.2. The second kappa shape index (κ2) is 7.93. The number of rotatable bonds is 4. The molecule has 0 aliphatic carbocycles. The second-order valence-corrected chi connectivity index (χ2v) is 8.47. The average Bonchev–Trinajstić information content (AvgIpc) is 3.35. The van der Waals surface area contributed by atoms with Crippen molar-refractivity contribution in [2.24, 2.45) is 7.05 Å². The lowest BCUT2D eigenvalue weighted by Crippen LogP contribution is -2.43. The molecule has 6 nitrogen and oxygen atoms in total. The fourth-order valence-electron chi connectivity index (χ4n) is 4.61. The van der Waals surface area contributed by atoms with Gasteiger partial charge in [-0.2, -0.15) is 18.3 Å². The summed E-state index contributed by atoms with van der Waals surface area (Å²) in [7, 11) is 3.28. The number of ether oxygens (including phenoxy) is 1. The number of hydrogen-bond acceptors (Lipinski definition) is 4. The van der Waals surface area contributed by atoms with Crippen molar-refractivity contribution in [2.45, 2.75) is 19.5 Å². The number of amides is 1. The first-order valence-electron chi connectivity index (χ1n) is 10.7. The van der Waals surface area contributed by atoms with E-state index in [0.717, 1.165) is 38.2 Å². The maximum Gasteiger partial charge on any atom is 0.406 e. The molecule has 0 saturated carbocycles.